The summed E-state index contributed by atoms with van der Waals surface area (Å²) >= 11 is 0. The van der Waals surface area contributed by atoms with E-state index in [4.69, 9.17) is 0 Å². The van der Waals surface area contributed by atoms with Crippen LogP contribution in [0.2, 0.25) is 0 Å². The van der Waals surface area contributed by atoms with E-state index in [9.17, 15) is 28.1 Å². The van der Waals surface area contributed by atoms with E-state index >= 15 is 0 Å². The highest BCUT2D eigenvalue weighted by Gasteiger charge is 2.34. The summed E-state index contributed by atoms with van der Waals surface area (Å²) in [5, 5.41) is 10.5. The predicted octanol–water partition coefficient (Wildman–Crippen LogP) is 2.53. The van der Waals surface area contributed by atoms with Gasteiger partial charge < -0.3 is 4.74 Å². The molecule has 0 aliphatic carbocycles. The molecule has 0 amide bonds. The standard InChI is InChI=1S/C12H8F3NO4/c1-2-20-11(17)6-3-8-7-9(16(18)19)4-5-10(8)12(13,14)15/h4-5,7H,2H2,1H3. The first-order chi connectivity index (χ1) is 9.25. The topological polar surface area (TPSA) is 69.4 Å². The maximum Gasteiger partial charge on any atom is 0.417 e. The molecule has 0 aliphatic rings. The lowest BCUT2D eigenvalue weighted by molar-refractivity contribution is -0.384. The fourth-order valence-corrected chi connectivity index (χ4v) is 1.28. The molecule has 106 valence electrons. The molecule has 20 heavy (non-hydrogen) atoms. The average Bonchev–Trinajstić information content (AvgIpc) is 2.35. The Hall–Kier alpha value is -2.56. The van der Waals surface area contributed by atoms with Gasteiger partial charge in [0.05, 0.1) is 17.1 Å². The molecule has 1 aromatic rings. The average molecular weight is 287 g/mol. The van der Waals surface area contributed by atoms with Gasteiger partial charge in [-0.05, 0) is 13.0 Å². The highest BCUT2D eigenvalue weighted by molar-refractivity contribution is 5.89. The van der Waals surface area contributed by atoms with Gasteiger partial charge in [0.1, 0.15) is 0 Å². The Bertz CT molecular complexity index is 599. The van der Waals surface area contributed by atoms with E-state index in [1.54, 1.807) is 0 Å². The van der Waals surface area contributed by atoms with Crippen LogP contribution in [0.15, 0.2) is 18.2 Å². The van der Waals surface area contributed by atoms with Crippen molar-refractivity contribution in [2.75, 3.05) is 6.61 Å². The molecule has 1 aromatic carbocycles. The molecule has 0 fully saturated rings. The van der Waals surface area contributed by atoms with Crippen molar-refractivity contribution in [3.63, 3.8) is 0 Å². The zero-order valence-corrected chi connectivity index (χ0v) is 10.2. The molecular formula is C12H8F3NO4. The first-order valence-electron chi connectivity index (χ1n) is 5.30. The van der Waals surface area contributed by atoms with Crippen molar-refractivity contribution in [3.8, 4) is 11.8 Å². The molecule has 8 heteroatoms. The Morgan fingerprint density at radius 1 is 1.45 bits per heavy atom. The van der Waals surface area contributed by atoms with E-state index in [0.29, 0.717) is 12.1 Å². The van der Waals surface area contributed by atoms with Crippen LogP contribution in [0.5, 0.6) is 0 Å². The Balaban J connectivity index is 3.29. The van der Waals surface area contributed by atoms with Gasteiger partial charge in [0.2, 0.25) is 0 Å². The predicted molar refractivity (Wildman–Crippen MR) is 61.6 cm³/mol. The summed E-state index contributed by atoms with van der Waals surface area (Å²) in [6, 6.07) is 1.93. The van der Waals surface area contributed by atoms with Gasteiger partial charge in [0, 0.05) is 23.6 Å². The SMILES string of the molecule is CCOC(=O)C#Cc1cc([N+](=O)[O-])ccc1C(F)(F)F. The third-order valence-electron chi connectivity index (χ3n) is 2.09. The fourth-order valence-electron chi connectivity index (χ4n) is 1.28. The fraction of sp³-hybridized carbons (Fsp3) is 0.250. The zero-order chi connectivity index (χ0) is 15.3. The van der Waals surface area contributed by atoms with Crippen molar-refractivity contribution in [1.29, 1.82) is 0 Å². The smallest absolute Gasteiger partial charge is 0.417 e. The van der Waals surface area contributed by atoms with E-state index in [1.165, 1.54) is 6.92 Å². The molecule has 0 N–H and O–H groups in total. The van der Waals surface area contributed by atoms with Gasteiger partial charge in [0.15, 0.2) is 0 Å². The second-order valence-electron chi connectivity index (χ2n) is 3.46. The lowest BCUT2D eigenvalue weighted by atomic mass is 10.1. The quantitative estimate of drug-likeness (QED) is 0.363. The number of nitro groups is 1. The summed E-state index contributed by atoms with van der Waals surface area (Å²) in [5.74, 6) is 2.79. The van der Waals surface area contributed by atoms with Crippen molar-refractivity contribution in [2.45, 2.75) is 13.1 Å². The minimum atomic E-state index is -4.73. The Labute approximate surface area is 111 Å². The molecule has 0 saturated carbocycles. The molecular weight excluding hydrogens is 279 g/mol. The van der Waals surface area contributed by atoms with Crippen LogP contribution >= 0.6 is 0 Å². The summed E-state index contributed by atoms with van der Waals surface area (Å²) < 4.78 is 42.5. The van der Waals surface area contributed by atoms with Gasteiger partial charge >= 0.3 is 12.1 Å². The van der Waals surface area contributed by atoms with Gasteiger partial charge in [-0.15, -0.1) is 0 Å². The number of halogens is 3. The van der Waals surface area contributed by atoms with E-state index in [2.05, 4.69) is 4.74 Å². The molecule has 0 heterocycles. The Morgan fingerprint density at radius 2 is 2.10 bits per heavy atom. The molecule has 0 bridgehead atoms. The number of benzene rings is 1. The van der Waals surface area contributed by atoms with Crippen LogP contribution in [0.25, 0.3) is 0 Å². The van der Waals surface area contributed by atoms with Crippen molar-refractivity contribution in [2.24, 2.45) is 0 Å². The second kappa shape index (κ2) is 6.06. The Kier molecular flexibility index (Phi) is 4.69. The van der Waals surface area contributed by atoms with Gasteiger partial charge in [-0.3, -0.25) is 10.1 Å². The molecule has 0 aliphatic heterocycles. The summed E-state index contributed by atoms with van der Waals surface area (Å²) in [5.41, 5.74) is -2.36. The van der Waals surface area contributed by atoms with Gasteiger partial charge in [-0.1, -0.05) is 5.92 Å². The molecule has 0 aromatic heterocycles. The number of carbonyl (C=O) groups excluding carboxylic acids is 1. The third kappa shape index (κ3) is 3.98. The first-order valence-corrected chi connectivity index (χ1v) is 5.30. The number of hydrogen-bond donors (Lipinski definition) is 0. The number of nitrogens with zero attached hydrogens (tertiary/aromatic N) is 1. The van der Waals surface area contributed by atoms with Crippen molar-refractivity contribution in [3.05, 3.63) is 39.4 Å². The van der Waals surface area contributed by atoms with E-state index in [1.807, 2.05) is 11.8 Å². The largest absolute Gasteiger partial charge is 0.456 e. The van der Waals surface area contributed by atoms with Crippen molar-refractivity contribution in [1.82, 2.24) is 0 Å². The molecule has 0 atom stereocenters. The first kappa shape index (κ1) is 15.5. The monoisotopic (exact) mass is 287 g/mol. The number of hydrogen-bond acceptors (Lipinski definition) is 4. The molecule has 0 saturated heterocycles. The molecule has 0 spiro atoms. The van der Waals surface area contributed by atoms with Crippen molar-refractivity contribution < 1.29 is 27.6 Å². The van der Waals surface area contributed by atoms with Gasteiger partial charge in [-0.2, -0.15) is 13.2 Å². The number of nitro benzene ring substituents is 1. The molecule has 1 rings (SSSR count). The van der Waals surface area contributed by atoms with Crippen LogP contribution < -0.4 is 0 Å². The molecule has 0 unspecified atom stereocenters. The van der Waals surface area contributed by atoms with Gasteiger partial charge in [0.25, 0.3) is 5.69 Å². The molecule has 5 nitrogen and oxygen atoms in total. The minimum absolute atomic E-state index is 0.0224. The number of alkyl halides is 3. The summed E-state index contributed by atoms with van der Waals surface area (Å²) in [4.78, 5) is 20.7. The van der Waals surface area contributed by atoms with Crippen LogP contribution in [-0.2, 0) is 15.7 Å². The minimum Gasteiger partial charge on any atom is -0.456 e. The normalized spacial score (nSPS) is 10.4. The summed E-state index contributed by atoms with van der Waals surface area (Å²) in [7, 11) is 0. The highest BCUT2D eigenvalue weighted by Crippen LogP contribution is 2.33. The highest BCUT2D eigenvalue weighted by atomic mass is 19.4. The van der Waals surface area contributed by atoms with Gasteiger partial charge in [-0.25, -0.2) is 4.79 Å². The Morgan fingerprint density at radius 3 is 2.60 bits per heavy atom. The summed E-state index contributed by atoms with van der Waals surface area (Å²) in [6.07, 6.45) is -4.73. The maximum absolute atomic E-state index is 12.7. The maximum atomic E-state index is 12.7. The number of esters is 1. The number of ether oxygens (including phenoxy) is 1. The van der Waals surface area contributed by atoms with E-state index in [-0.39, 0.29) is 6.61 Å². The van der Waals surface area contributed by atoms with Crippen LogP contribution in [0.3, 0.4) is 0 Å². The van der Waals surface area contributed by atoms with E-state index in [0.717, 1.165) is 6.07 Å². The summed E-state index contributed by atoms with van der Waals surface area (Å²) in [6.45, 7) is 1.53. The van der Waals surface area contributed by atoms with Crippen molar-refractivity contribution >= 4 is 11.7 Å². The molecule has 0 radical (unpaired) electrons. The van der Waals surface area contributed by atoms with Crippen LogP contribution in [0.4, 0.5) is 18.9 Å². The third-order valence-corrected chi connectivity index (χ3v) is 2.09. The number of non-ortho nitro benzene ring substituents is 1. The van der Waals surface area contributed by atoms with Crippen LogP contribution in [-0.4, -0.2) is 17.5 Å². The lowest BCUT2D eigenvalue weighted by Gasteiger charge is -2.08. The zero-order valence-electron chi connectivity index (χ0n) is 10.2. The van der Waals surface area contributed by atoms with Crippen LogP contribution in [0, 0.1) is 22.0 Å². The lowest BCUT2D eigenvalue weighted by Crippen LogP contribution is -2.08. The number of carbonyl (C=O) groups is 1. The number of rotatable bonds is 2. The van der Waals surface area contributed by atoms with E-state index < -0.39 is 33.9 Å². The second-order valence-corrected chi connectivity index (χ2v) is 3.46. The van der Waals surface area contributed by atoms with Crippen LogP contribution in [0.1, 0.15) is 18.1 Å².